The summed E-state index contributed by atoms with van der Waals surface area (Å²) in [6.45, 7) is 0.493. The van der Waals surface area contributed by atoms with Crippen molar-refractivity contribution >= 4 is 5.91 Å². The molecule has 3 aromatic rings. The van der Waals surface area contributed by atoms with Gasteiger partial charge in [-0.05, 0) is 23.1 Å². The molecule has 0 saturated carbocycles. The van der Waals surface area contributed by atoms with Crippen molar-refractivity contribution in [2.24, 2.45) is 5.73 Å². The summed E-state index contributed by atoms with van der Waals surface area (Å²) >= 11 is 0. The molecule has 5 nitrogen and oxygen atoms in total. The molecule has 1 heterocycles. The number of hydrogen-bond acceptors (Lipinski definition) is 3. The van der Waals surface area contributed by atoms with Crippen LogP contribution >= 0.6 is 0 Å². The minimum atomic E-state index is -0.562. The van der Waals surface area contributed by atoms with Crippen molar-refractivity contribution in [3.63, 3.8) is 0 Å². The number of amides is 1. The number of hydrogen-bond donors (Lipinski definition) is 3. The van der Waals surface area contributed by atoms with E-state index in [2.05, 4.69) is 15.5 Å². The van der Waals surface area contributed by atoms with E-state index in [1.165, 1.54) is 0 Å². The summed E-state index contributed by atoms with van der Waals surface area (Å²) in [7, 11) is 0. The van der Waals surface area contributed by atoms with Crippen LogP contribution in [-0.2, 0) is 17.8 Å². The fraction of sp³-hybridized carbons (Fsp3) is 0.158. The molecule has 0 saturated heterocycles. The van der Waals surface area contributed by atoms with Gasteiger partial charge in [0.1, 0.15) is 0 Å². The Morgan fingerprint density at radius 2 is 1.79 bits per heavy atom. The Kier molecular flexibility index (Phi) is 5.03. The van der Waals surface area contributed by atoms with Crippen LogP contribution in [0.4, 0.5) is 0 Å². The average Bonchev–Trinajstić information content (AvgIpc) is 3.16. The molecule has 1 amide bonds. The van der Waals surface area contributed by atoms with Gasteiger partial charge in [-0.1, -0.05) is 54.6 Å². The van der Waals surface area contributed by atoms with Crippen LogP contribution in [0.1, 0.15) is 11.1 Å². The van der Waals surface area contributed by atoms with Crippen LogP contribution in [0, 0.1) is 0 Å². The highest BCUT2D eigenvalue weighted by atomic mass is 16.2. The van der Waals surface area contributed by atoms with E-state index in [0.717, 1.165) is 22.3 Å². The molecule has 0 aliphatic heterocycles. The summed E-state index contributed by atoms with van der Waals surface area (Å²) in [6.07, 6.45) is 4.13. The van der Waals surface area contributed by atoms with Gasteiger partial charge < -0.3 is 11.1 Å². The quantitative estimate of drug-likeness (QED) is 0.651. The third kappa shape index (κ3) is 4.08. The van der Waals surface area contributed by atoms with E-state index in [-0.39, 0.29) is 5.91 Å². The fourth-order valence-electron chi connectivity index (χ4n) is 2.50. The Bertz CT molecular complexity index is 767. The summed E-state index contributed by atoms with van der Waals surface area (Å²) in [5.41, 5.74) is 10.2. The van der Waals surface area contributed by atoms with Crippen molar-refractivity contribution in [2.75, 3.05) is 0 Å². The van der Waals surface area contributed by atoms with Crippen LogP contribution in [-0.4, -0.2) is 22.1 Å². The van der Waals surface area contributed by atoms with E-state index >= 15 is 0 Å². The largest absolute Gasteiger partial charge is 0.351 e. The van der Waals surface area contributed by atoms with E-state index in [1.807, 2.05) is 60.8 Å². The maximum absolute atomic E-state index is 12.1. The first-order chi connectivity index (χ1) is 11.7. The molecule has 5 heteroatoms. The van der Waals surface area contributed by atoms with E-state index in [0.29, 0.717) is 13.0 Å². The van der Waals surface area contributed by atoms with Gasteiger partial charge in [0.25, 0.3) is 0 Å². The Morgan fingerprint density at radius 1 is 1.04 bits per heavy atom. The normalized spacial score (nSPS) is 11.9. The van der Waals surface area contributed by atoms with Crippen LogP contribution in [0.25, 0.3) is 11.1 Å². The van der Waals surface area contributed by atoms with Crippen molar-refractivity contribution < 1.29 is 4.79 Å². The molecule has 0 unspecified atom stereocenters. The molecule has 0 radical (unpaired) electrons. The van der Waals surface area contributed by atoms with Gasteiger partial charge in [0.15, 0.2) is 0 Å². The zero-order valence-corrected chi connectivity index (χ0v) is 13.3. The molecular formula is C19H20N4O. The predicted octanol–water partition coefficient (Wildman–Crippen LogP) is 2.26. The summed E-state index contributed by atoms with van der Waals surface area (Å²) in [5, 5.41) is 9.61. The smallest absolute Gasteiger partial charge is 0.237 e. The fourth-order valence-corrected chi connectivity index (χ4v) is 2.50. The first-order valence-electron chi connectivity index (χ1n) is 7.87. The lowest BCUT2D eigenvalue weighted by atomic mass is 10.0. The minimum absolute atomic E-state index is 0.141. The number of nitrogens with zero attached hydrogens (tertiary/aromatic N) is 1. The van der Waals surface area contributed by atoms with Gasteiger partial charge >= 0.3 is 0 Å². The first kappa shape index (κ1) is 16.0. The molecule has 3 rings (SSSR count). The molecule has 1 aromatic heterocycles. The lowest BCUT2D eigenvalue weighted by Gasteiger charge is -2.13. The zero-order chi connectivity index (χ0) is 16.8. The second kappa shape index (κ2) is 7.57. The number of nitrogens with two attached hydrogens (primary N) is 1. The SMILES string of the molecule is N[C@H](Cc1ccc(-c2cn[nH]c2)cc1)C(=O)NCc1ccccc1. The monoisotopic (exact) mass is 320 g/mol. The highest BCUT2D eigenvalue weighted by Gasteiger charge is 2.13. The lowest BCUT2D eigenvalue weighted by Crippen LogP contribution is -2.41. The lowest BCUT2D eigenvalue weighted by molar-refractivity contribution is -0.122. The molecule has 4 N–H and O–H groups in total. The first-order valence-corrected chi connectivity index (χ1v) is 7.87. The number of nitrogens with one attached hydrogen (secondary N) is 2. The van der Waals surface area contributed by atoms with Gasteiger partial charge in [0.2, 0.25) is 5.91 Å². The van der Waals surface area contributed by atoms with Gasteiger partial charge in [0.05, 0.1) is 12.2 Å². The molecule has 0 spiro atoms. The van der Waals surface area contributed by atoms with E-state index < -0.39 is 6.04 Å². The second-order valence-electron chi connectivity index (χ2n) is 5.70. The highest BCUT2D eigenvalue weighted by molar-refractivity contribution is 5.81. The molecule has 0 bridgehead atoms. The summed E-state index contributed by atoms with van der Waals surface area (Å²) in [5.74, 6) is -0.141. The van der Waals surface area contributed by atoms with Crippen molar-refractivity contribution in [3.8, 4) is 11.1 Å². The van der Waals surface area contributed by atoms with Gasteiger partial charge in [-0.2, -0.15) is 5.10 Å². The van der Waals surface area contributed by atoms with Crippen LogP contribution in [0.3, 0.4) is 0 Å². The Morgan fingerprint density at radius 3 is 2.46 bits per heavy atom. The Balaban J connectivity index is 1.54. The number of aromatic nitrogens is 2. The van der Waals surface area contributed by atoms with E-state index in [9.17, 15) is 4.79 Å². The number of carbonyl (C=O) groups excluding carboxylic acids is 1. The molecule has 24 heavy (non-hydrogen) atoms. The average molecular weight is 320 g/mol. The highest BCUT2D eigenvalue weighted by Crippen LogP contribution is 2.18. The maximum atomic E-state index is 12.1. The van der Waals surface area contributed by atoms with Gasteiger partial charge in [0, 0.05) is 18.3 Å². The van der Waals surface area contributed by atoms with E-state index in [4.69, 9.17) is 5.73 Å². The van der Waals surface area contributed by atoms with Gasteiger partial charge in [-0.25, -0.2) is 0 Å². The van der Waals surface area contributed by atoms with Crippen molar-refractivity contribution in [1.29, 1.82) is 0 Å². The number of aromatic amines is 1. The summed E-state index contributed by atoms with van der Waals surface area (Å²) in [6, 6.07) is 17.2. The number of rotatable bonds is 6. The number of H-pyrrole nitrogens is 1. The van der Waals surface area contributed by atoms with Crippen LogP contribution in [0.5, 0.6) is 0 Å². The zero-order valence-electron chi connectivity index (χ0n) is 13.3. The summed E-state index contributed by atoms with van der Waals surface area (Å²) in [4.78, 5) is 12.1. The molecular weight excluding hydrogens is 300 g/mol. The van der Waals surface area contributed by atoms with Crippen LogP contribution in [0.2, 0.25) is 0 Å². The van der Waals surface area contributed by atoms with Gasteiger partial charge in [-0.3, -0.25) is 9.89 Å². The predicted molar refractivity (Wildman–Crippen MR) is 94.0 cm³/mol. The minimum Gasteiger partial charge on any atom is -0.351 e. The molecule has 2 aromatic carbocycles. The van der Waals surface area contributed by atoms with Crippen molar-refractivity contribution in [2.45, 2.75) is 19.0 Å². The third-order valence-electron chi connectivity index (χ3n) is 3.89. The maximum Gasteiger partial charge on any atom is 0.237 e. The van der Waals surface area contributed by atoms with Gasteiger partial charge in [-0.15, -0.1) is 0 Å². The van der Waals surface area contributed by atoms with E-state index in [1.54, 1.807) is 6.20 Å². The third-order valence-corrected chi connectivity index (χ3v) is 3.89. The number of carbonyl (C=O) groups is 1. The van der Waals surface area contributed by atoms with Crippen molar-refractivity contribution in [1.82, 2.24) is 15.5 Å². The molecule has 1 atom stereocenters. The van der Waals surface area contributed by atoms with Crippen LogP contribution in [0.15, 0.2) is 67.0 Å². The Labute approximate surface area is 140 Å². The van der Waals surface area contributed by atoms with Crippen molar-refractivity contribution in [3.05, 3.63) is 78.1 Å². The molecule has 0 aliphatic rings. The van der Waals surface area contributed by atoms with Crippen LogP contribution < -0.4 is 11.1 Å². The number of benzene rings is 2. The summed E-state index contributed by atoms with van der Waals surface area (Å²) < 4.78 is 0. The standard InChI is InChI=1S/C19H20N4O/c20-18(19(24)21-11-15-4-2-1-3-5-15)10-14-6-8-16(9-7-14)17-12-22-23-13-17/h1-9,12-13,18H,10-11,20H2,(H,21,24)(H,22,23)/t18-/m1/s1. The molecule has 122 valence electrons. The topological polar surface area (TPSA) is 83.8 Å². The molecule has 0 aliphatic carbocycles. The second-order valence-corrected chi connectivity index (χ2v) is 5.70. The Hall–Kier alpha value is -2.92. The molecule has 0 fully saturated rings.